The van der Waals surface area contributed by atoms with E-state index in [-0.39, 0.29) is 18.2 Å². The number of carbonyl (C=O) groups excluding carboxylic acids is 2. The van der Waals surface area contributed by atoms with Crippen molar-refractivity contribution >= 4 is 28.8 Å². The molecule has 2 amide bonds. The lowest BCUT2D eigenvalue weighted by Crippen LogP contribution is -2.21. The van der Waals surface area contributed by atoms with Crippen LogP contribution < -0.4 is 15.4 Å². The molecule has 1 heterocycles. The quantitative estimate of drug-likeness (QED) is 0.638. The third-order valence-corrected chi connectivity index (χ3v) is 5.08. The second-order valence-electron chi connectivity index (χ2n) is 6.03. The Morgan fingerprint density at radius 3 is 2.57 bits per heavy atom. The number of hydrogen-bond donors (Lipinski definition) is 2. The summed E-state index contributed by atoms with van der Waals surface area (Å²) in [4.78, 5) is 28.8. The molecule has 3 aromatic rings. The minimum Gasteiger partial charge on any atom is -0.497 e. The van der Waals surface area contributed by atoms with E-state index in [0.717, 1.165) is 22.0 Å². The van der Waals surface area contributed by atoms with Gasteiger partial charge < -0.3 is 15.4 Å². The minimum absolute atomic E-state index is 0.155. The van der Waals surface area contributed by atoms with Gasteiger partial charge in [0.1, 0.15) is 5.75 Å². The van der Waals surface area contributed by atoms with E-state index < -0.39 is 0 Å². The maximum Gasteiger partial charge on any atom is 0.253 e. The van der Waals surface area contributed by atoms with Gasteiger partial charge in [-0.1, -0.05) is 12.1 Å². The first-order valence-corrected chi connectivity index (χ1v) is 9.68. The molecule has 1 aromatic heterocycles. The molecule has 0 aliphatic carbocycles. The molecule has 0 atom stereocenters. The maximum atomic E-state index is 12.3. The van der Waals surface area contributed by atoms with Gasteiger partial charge in [-0.3, -0.25) is 9.59 Å². The molecule has 6 nitrogen and oxygen atoms in total. The normalized spacial score (nSPS) is 10.4. The van der Waals surface area contributed by atoms with Crippen LogP contribution in [0.5, 0.6) is 5.75 Å². The number of rotatable bonds is 7. The summed E-state index contributed by atoms with van der Waals surface area (Å²) < 4.78 is 5.17. The zero-order valence-electron chi connectivity index (χ0n) is 15.7. The molecule has 144 valence electrons. The molecule has 28 heavy (non-hydrogen) atoms. The number of carbonyl (C=O) groups is 2. The summed E-state index contributed by atoms with van der Waals surface area (Å²) in [6.45, 7) is 0. The third kappa shape index (κ3) is 4.75. The van der Waals surface area contributed by atoms with E-state index in [9.17, 15) is 9.59 Å². The summed E-state index contributed by atoms with van der Waals surface area (Å²) in [6.07, 6.45) is 0.826. The Labute approximate surface area is 167 Å². The Kier molecular flexibility index (Phi) is 6.39. The Morgan fingerprint density at radius 2 is 1.86 bits per heavy atom. The van der Waals surface area contributed by atoms with Crippen LogP contribution >= 0.6 is 11.3 Å². The van der Waals surface area contributed by atoms with Crippen LogP contribution in [0.3, 0.4) is 0 Å². The molecular formula is C21H21N3O3S. The van der Waals surface area contributed by atoms with Gasteiger partial charge in [0, 0.05) is 30.8 Å². The lowest BCUT2D eigenvalue weighted by Gasteiger charge is -2.09. The molecular weight excluding hydrogens is 374 g/mol. The summed E-state index contributed by atoms with van der Waals surface area (Å²) in [5, 5.41) is 8.25. The SMILES string of the molecule is CNC(=O)c1ccccc1NC(=O)CCc1nc(-c2ccc(OC)cc2)cs1. The van der Waals surface area contributed by atoms with Crippen LogP contribution in [0.4, 0.5) is 5.69 Å². The topological polar surface area (TPSA) is 80.3 Å². The van der Waals surface area contributed by atoms with Gasteiger partial charge in [-0.15, -0.1) is 11.3 Å². The van der Waals surface area contributed by atoms with Crippen molar-refractivity contribution in [3.8, 4) is 17.0 Å². The van der Waals surface area contributed by atoms with Crippen LogP contribution in [-0.2, 0) is 11.2 Å². The van der Waals surface area contributed by atoms with Crippen LogP contribution in [-0.4, -0.2) is 31.0 Å². The average Bonchev–Trinajstić information content (AvgIpc) is 3.21. The molecule has 2 N–H and O–H groups in total. The molecule has 7 heteroatoms. The predicted molar refractivity (Wildman–Crippen MR) is 111 cm³/mol. The molecule has 0 aliphatic rings. The molecule has 0 saturated carbocycles. The van der Waals surface area contributed by atoms with Gasteiger partial charge in [0.05, 0.1) is 29.1 Å². The molecule has 0 bridgehead atoms. The number of thiazole rings is 1. The number of aromatic nitrogens is 1. The Morgan fingerprint density at radius 1 is 1.11 bits per heavy atom. The first-order chi connectivity index (χ1) is 13.6. The van der Waals surface area contributed by atoms with E-state index in [0.29, 0.717) is 17.7 Å². The van der Waals surface area contributed by atoms with Crippen LogP contribution in [0.2, 0.25) is 0 Å². The van der Waals surface area contributed by atoms with E-state index >= 15 is 0 Å². The highest BCUT2D eigenvalue weighted by Crippen LogP contribution is 2.25. The van der Waals surface area contributed by atoms with Crippen LogP contribution in [0.1, 0.15) is 21.8 Å². The Bertz CT molecular complexity index is 967. The fraction of sp³-hybridized carbons (Fsp3) is 0.190. The van der Waals surface area contributed by atoms with E-state index in [1.54, 1.807) is 38.4 Å². The van der Waals surface area contributed by atoms with Crippen molar-refractivity contribution in [3.63, 3.8) is 0 Å². The van der Waals surface area contributed by atoms with Crippen molar-refractivity contribution in [1.82, 2.24) is 10.3 Å². The highest BCUT2D eigenvalue weighted by Gasteiger charge is 2.12. The zero-order valence-corrected chi connectivity index (χ0v) is 16.5. The van der Waals surface area contributed by atoms with Gasteiger partial charge in [0.15, 0.2) is 0 Å². The summed E-state index contributed by atoms with van der Waals surface area (Å²) in [7, 11) is 3.19. The summed E-state index contributed by atoms with van der Waals surface area (Å²) in [5.41, 5.74) is 2.83. The number of methoxy groups -OCH3 is 1. The number of hydrogen-bond acceptors (Lipinski definition) is 5. The van der Waals surface area contributed by atoms with E-state index in [2.05, 4.69) is 15.6 Å². The van der Waals surface area contributed by atoms with E-state index in [1.165, 1.54) is 11.3 Å². The molecule has 0 spiro atoms. The fourth-order valence-corrected chi connectivity index (χ4v) is 3.49. The Hall–Kier alpha value is -3.19. The molecule has 0 radical (unpaired) electrons. The average molecular weight is 395 g/mol. The highest BCUT2D eigenvalue weighted by atomic mass is 32.1. The summed E-state index contributed by atoms with van der Waals surface area (Å²) in [6, 6.07) is 14.6. The molecule has 0 fully saturated rings. The smallest absolute Gasteiger partial charge is 0.253 e. The highest BCUT2D eigenvalue weighted by molar-refractivity contribution is 7.09. The van der Waals surface area contributed by atoms with E-state index in [4.69, 9.17) is 4.74 Å². The van der Waals surface area contributed by atoms with Crippen LogP contribution in [0, 0.1) is 0 Å². The van der Waals surface area contributed by atoms with Gasteiger partial charge in [0.2, 0.25) is 5.91 Å². The number of nitrogens with zero attached hydrogens (tertiary/aromatic N) is 1. The largest absolute Gasteiger partial charge is 0.497 e. The second kappa shape index (κ2) is 9.14. The van der Waals surface area contributed by atoms with Crippen molar-refractivity contribution < 1.29 is 14.3 Å². The number of ether oxygens (including phenoxy) is 1. The van der Waals surface area contributed by atoms with Crippen molar-refractivity contribution in [1.29, 1.82) is 0 Å². The van der Waals surface area contributed by atoms with Gasteiger partial charge in [-0.05, 0) is 36.4 Å². The van der Waals surface area contributed by atoms with Crippen molar-refractivity contribution in [2.75, 3.05) is 19.5 Å². The summed E-state index contributed by atoms with van der Waals surface area (Å²) >= 11 is 1.53. The van der Waals surface area contributed by atoms with Gasteiger partial charge in [0.25, 0.3) is 5.91 Å². The number of aryl methyl sites for hydroxylation is 1. The second-order valence-corrected chi connectivity index (χ2v) is 6.97. The molecule has 3 rings (SSSR count). The van der Waals surface area contributed by atoms with Crippen molar-refractivity contribution in [2.24, 2.45) is 0 Å². The number of anilines is 1. The lowest BCUT2D eigenvalue weighted by atomic mass is 10.1. The number of amides is 2. The maximum absolute atomic E-state index is 12.3. The van der Waals surface area contributed by atoms with Crippen LogP contribution in [0.25, 0.3) is 11.3 Å². The Balaban J connectivity index is 1.60. The molecule has 0 aliphatic heterocycles. The van der Waals surface area contributed by atoms with Gasteiger partial charge in [-0.2, -0.15) is 0 Å². The first kappa shape index (κ1) is 19.6. The van der Waals surface area contributed by atoms with Crippen LogP contribution in [0.15, 0.2) is 53.9 Å². The predicted octanol–water partition coefficient (Wildman–Crippen LogP) is 3.75. The summed E-state index contributed by atoms with van der Waals surface area (Å²) in [5.74, 6) is 0.408. The third-order valence-electron chi connectivity index (χ3n) is 4.18. The van der Waals surface area contributed by atoms with E-state index in [1.807, 2.05) is 29.6 Å². The molecule has 0 saturated heterocycles. The number of benzene rings is 2. The minimum atomic E-state index is -0.236. The number of nitrogens with one attached hydrogen (secondary N) is 2. The van der Waals surface area contributed by atoms with Crippen molar-refractivity contribution in [2.45, 2.75) is 12.8 Å². The van der Waals surface area contributed by atoms with Gasteiger partial charge in [-0.25, -0.2) is 4.98 Å². The van der Waals surface area contributed by atoms with Crippen molar-refractivity contribution in [3.05, 3.63) is 64.5 Å². The standard InChI is InChI=1S/C21H21N3O3S/c1-22-21(26)16-5-3-4-6-17(16)23-19(25)11-12-20-24-18(13-28-20)14-7-9-15(27-2)10-8-14/h3-10,13H,11-12H2,1-2H3,(H,22,26)(H,23,25). The fourth-order valence-electron chi connectivity index (χ4n) is 2.68. The molecule has 2 aromatic carbocycles. The monoisotopic (exact) mass is 395 g/mol. The zero-order chi connectivity index (χ0) is 19.9. The first-order valence-electron chi connectivity index (χ1n) is 8.80. The van der Waals surface area contributed by atoms with Gasteiger partial charge >= 0.3 is 0 Å². The number of para-hydroxylation sites is 1. The molecule has 0 unspecified atom stereocenters. The lowest BCUT2D eigenvalue weighted by molar-refractivity contribution is -0.116.